The SMILES string of the molecule is O=C1NC(=O)C(=Cc2ccnc(N3CCC(CNCc4cc(-c5cncc6ccccc56)nc(C(F)(F)F)c4)CC3)n2)S1. The number of hydrogen-bond donors (Lipinski definition) is 2. The number of fused-ring (bicyclic) bond motifs is 1. The Morgan fingerprint density at radius 2 is 1.88 bits per heavy atom. The molecule has 6 rings (SSSR count). The van der Waals surface area contributed by atoms with Gasteiger partial charge in [-0.15, -0.1) is 0 Å². The standard InChI is InChI=1S/C30H26F3N7O2S/c31-30(32,33)26-12-19(11-24(38-26)23-17-35-16-20-3-1-2-4-22(20)23)15-34-14-18-6-9-40(10-7-18)28-36-8-5-21(37-28)13-25-27(41)39-29(42)43-25/h1-5,8,11-13,16-18,34H,6-7,9-10,14-15H2,(H,39,41,42). The van der Waals surface area contributed by atoms with Gasteiger partial charge in [-0.25, -0.2) is 15.0 Å². The van der Waals surface area contributed by atoms with Crippen LogP contribution in [0.4, 0.5) is 23.9 Å². The van der Waals surface area contributed by atoms with E-state index in [-0.39, 0.29) is 17.1 Å². The smallest absolute Gasteiger partial charge is 0.341 e. The lowest BCUT2D eigenvalue weighted by atomic mass is 9.97. The summed E-state index contributed by atoms with van der Waals surface area (Å²) in [5.41, 5.74) is 0.896. The Morgan fingerprint density at radius 1 is 1.07 bits per heavy atom. The Balaban J connectivity index is 1.09. The van der Waals surface area contributed by atoms with Crippen molar-refractivity contribution in [1.29, 1.82) is 0 Å². The second-order valence-electron chi connectivity index (χ2n) is 10.3. The maximum Gasteiger partial charge on any atom is 0.433 e. The average Bonchev–Trinajstić information content (AvgIpc) is 3.32. The molecule has 1 aromatic carbocycles. The molecule has 9 nitrogen and oxygen atoms in total. The summed E-state index contributed by atoms with van der Waals surface area (Å²) in [6.45, 7) is 2.35. The van der Waals surface area contributed by atoms with Crippen molar-refractivity contribution in [3.8, 4) is 11.3 Å². The van der Waals surface area contributed by atoms with Gasteiger partial charge >= 0.3 is 6.18 Å². The number of thioether (sulfide) groups is 1. The van der Waals surface area contributed by atoms with Gasteiger partial charge in [-0.3, -0.25) is 19.9 Å². The van der Waals surface area contributed by atoms with Crippen molar-refractivity contribution >= 4 is 45.7 Å². The molecule has 43 heavy (non-hydrogen) atoms. The molecular formula is C30H26F3N7O2S. The lowest BCUT2D eigenvalue weighted by Crippen LogP contribution is -2.38. The third-order valence-electron chi connectivity index (χ3n) is 7.36. The molecule has 2 aliphatic rings. The summed E-state index contributed by atoms with van der Waals surface area (Å²) >= 11 is 0.836. The molecule has 2 fully saturated rings. The van der Waals surface area contributed by atoms with E-state index in [0.29, 0.717) is 48.3 Å². The number of pyridine rings is 2. The predicted octanol–water partition coefficient (Wildman–Crippen LogP) is 5.44. The number of imide groups is 1. The van der Waals surface area contributed by atoms with Gasteiger partial charge in [0.05, 0.1) is 16.3 Å². The monoisotopic (exact) mass is 605 g/mol. The van der Waals surface area contributed by atoms with Gasteiger partial charge in [0.2, 0.25) is 5.95 Å². The molecule has 0 radical (unpaired) electrons. The van der Waals surface area contributed by atoms with Gasteiger partial charge in [-0.05, 0) is 72.3 Å². The minimum absolute atomic E-state index is 0.237. The van der Waals surface area contributed by atoms with E-state index in [2.05, 4.69) is 35.5 Å². The highest BCUT2D eigenvalue weighted by Gasteiger charge is 2.33. The molecule has 220 valence electrons. The summed E-state index contributed by atoms with van der Waals surface area (Å²) in [6, 6.07) is 11.9. The van der Waals surface area contributed by atoms with Crippen LogP contribution in [-0.2, 0) is 17.5 Å². The van der Waals surface area contributed by atoms with Crippen LogP contribution in [0.2, 0.25) is 0 Å². The number of anilines is 1. The molecule has 0 spiro atoms. The number of halogens is 3. The first-order valence-corrected chi connectivity index (χ1v) is 14.5. The van der Waals surface area contributed by atoms with E-state index >= 15 is 0 Å². The van der Waals surface area contributed by atoms with E-state index in [1.807, 2.05) is 24.3 Å². The molecular weight excluding hydrogens is 579 g/mol. The van der Waals surface area contributed by atoms with Crippen molar-refractivity contribution in [2.24, 2.45) is 5.92 Å². The molecule has 2 saturated heterocycles. The van der Waals surface area contributed by atoms with E-state index < -0.39 is 23.0 Å². The van der Waals surface area contributed by atoms with E-state index in [0.717, 1.165) is 41.4 Å². The fraction of sp³-hybridized carbons (Fsp3) is 0.267. The molecule has 2 N–H and O–H groups in total. The van der Waals surface area contributed by atoms with E-state index in [1.54, 1.807) is 36.8 Å². The summed E-state index contributed by atoms with van der Waals surface area (Å²) in [4.78, 5) is 42.7. The Morgan fingerprint density at radius 3 is 2.65 bits per heavy atom. The minimum Gasteiger partial charge on any atom is -0.341 e. The van der Waals surface area contributed by atoms with Gasteiger partial charge in [0.1, 0.15) is 5.69 Å². The first-order valence-electron chi connectivity index (χ1n) is 13.7. The highest BCUT2D eigenvalue weighted by atomic mass is 32.2. The topological polar surface area (TPSA) is 113 Å². The highest BCUT2D eigenvalue weighted by molar-refractivity contribution is 8.18. The second-order valence-corrected chi connectivity index (χ2v) is 11.4. The summed E-state index contributed by atoms with van der Waals surface area (Å²) in [5.74, 6) is 0.436. The molecule has 4 aromatic rings. The van der Waals surface area contributed by atoms with Gasteiger partial charge in [0, 0.05) is 49.2 Å². The number of carbonyl (C=O) groups excluding carboxylic acids is 2. The maximum atomic E-state index is 13.8. The van der Waals surface area contributed by atoms with Crippen LogP contribution in [-0.4, -0.2) is 50.7 Å². The first kappa shape index (κ1) is 28.7. The number of nitrogens with zero attached hydrogens (tertiary/aromatic N) is 5. The Bertz CT molecular complexity index is 1720. The number of nitrogens with one attached hydrogen (secondary N) is 2. The molecule has 0 unspecified atom stereocenters. The first-order chi connectivity index (χ1) is 20.7. The average molecular weight is 606 g/mol. The molecule has 0 atom stereocenters. The van der Waals surface area contributed by atoms with Crippen molar-refractivity contribution in [1.82, 2.24) is 30.6 Å². The second kappa shape index (κ2) is 12.1. The van der Waals surface area contributed by atoms with Crippen molar-refractivity contribution in [3.63, 3.8) is 0 Å². The number of carbonyl (C=O) groups is 2. The number of piperidine rings is 1. The fourth-order valence-electron chi connectivity index (χ4n) is 5.20. The molecule has 0 saturated carbocycles. The van der Waals surface area contributed by atoms with Crippen molar-refractivity contribution in [3.05, 3.63) is 82.9 Å². The fourth-order valence-corrected chi connectivity index (χ4v) is 5.87. The molecule has 2 aliphatic heterocycles. The Hall–Kier alpha value is -4.36. The number of hydrogen-bond acceptors (Lipinski definition) is 9. The van der Waals surface area contributed by atoms with Crippen LogP contribution in [0.15, 0.2) is 66.0 Å². The summed E-state index contributed by atoms with van der Waals surface area (Å²) < 4.78 is 41.3. The van der Waals surface area contributed by atoms with Crippen LogP contribution in [0, 0.1) is 5.92 Å². The van der Waals surface area contributed by atoms with Gasteiger partial charge < -0.3 is 10.2 Å². The van der Waals surface area contributed by atoms with Gasteiger partial charge in [-0.2, -0.15) is 13.2 Å². The van der Waals surface area contributed by atoms with Crippen LogP contribution in [0.1, 0.15) is 29.8 Å². The number of benzene rings is 1. The molecule has 3 aromatic heterocycles. The number of aromatic nitrogens is 4. The zero-order valence-electron chi connectivity index (χ0n) is 22.8. The molecule has 5 heterocycles. The van der Waals surface area contributed by atoms with Crippen LogP contribution >= 0.6 is 11.8 Å². The van der Waals surface area contributed by atoms with Gasteiger partial charge in [0.15, 0.2) is 0 Å². The minimum atomic E-state index is -4.58. The largest absolute Gasteiger partial charge is 0.433 e. The summed E-state index contributed by atoms with van der Waals surface area (Å²) in [7, 11) is 0. The van der Waals surface area contributed by atoms with E-state index in [9.17, 15) is 22.8 Å². The zero-order chi connectivity index (χ0) is 30.0. The van der Waals surface area contributed by atoms with Crippen molar-refractivity contribution in [2.45, 2.75) is 25.6 Å². The quantitative estimate of drug-likeness (QED) is 0.266. The van der Waals surface area contributed by atoms with Crippen LogP contribution in [0.5, 0.6) is 0 Å². The lowest BCUT2D eigenvalue weighted by Gasteiger charge is -2.32. The Labute approximate surface area is 249 Å². The number of rotatable bonds is 7. The van der Waals surface area contributed by atoms with Crippen molar-refractivity contribution < 1.29 is 22.8 Å². The maximum absolute atomic E-state index is 13.8. The van der Waals surface area contributed by atoms with Crippen LogP contribution in [0.25, 0.3) is 28.1 Å². The predicted molar refractivity (Wildman–Crippen MR) is 158 cm³/mol. The molecule has 0 bridgehead atoms. The third kappa shape index (κ3) is 6.67. The molecule has 13 heteroatoms. The Kier molecular flexibility index (Phi) is 8.08. The highest BCUT2D eigenvalue weighted by Crippen LogP contribution is 2.33. The lowest BCUT2D eigenvalue weighted by molar-refractivity contribution is -0.141. The van der Waals surface area contributed by atoms with E-state index in [1.165, 1.54) is 0 Å². The molecule has 2 amide bonds. The zero-order valence-corrected chi connectivity index (χ0v) is 23.6. The third-order valence-corrected chi connectivity index (χ3v) is 8.18. The number of alkyl halides is 3. The van der Waals surface area contributed by atoms with Gasteiger partial charge in [0.25, 0.3) is 11.1 Å². The van der Waals surface area contributed by atoms with E-state index in [4.69, 9.17) is 0 Å². The summed E-state index contributed by atoms with van der Waals surface area (Å²) in [5, 5.41) is 6.78. The summed E-state index contributed by atoms with van der Waals surface area (Å²) in [6.07, 6.45) is 3.55. The van der Waals surface area contributed by atoms with Crippen LogP contribution in [0.3, 0.4) is 0 Å². The molecule has 0 aliphatic carbocycles. The van der Waals surface area contributed by atoms with Crippen molar-refractivity contribution in [2.75, 3.05) is 24.5 Å². The number of amides is 2. The van der Waals surface area contributed by atoms with Gasteiger partial charge in [-0.1, -0.05) is 24.3 Å². The van der Waals surface area contributed by atoms with Crippen LogP contribution < -0.4 is 15.5 Å². The normalized spacial score (nSPS) is 17.2.